The second-order valence-corrected chi connectivity index (χ2v) is 13.6. The van der Waals surface area contributed by atoms with E-state index in [2.05, 4.69) is 79.4 Å². The lowest BCUT2D eigenvalue weighted by atomic mass is 10.00. The molecule has 0 spiro atoms. The molecule has 2 heterocycles. The van der Waals surface area contributed by atoms with Gasteiger partial charge in [0.25, 0.3) is 0 Å². The highest BCUT2D eigenvalue weighted by atomic mass is 32.1. The Balaban J connectivity index is 1.08. The lowest BCUT2D eigenvalue weighted by molar-refractivity contribution is 0.669. The third-order valence-electron chi connectivity index (χ3n) is 9.21. The van der Waals surface area contributed by atoms with Gasteiger partial charge in [-0.05, 0) is 64.7 Å². The van der Waals surface area contributed by atoms with Crippen LogP contribution < -0.4 is 0 Å². The molecule has 9 aromatic rings. The first-order chi connectivity index (χ1) is 25.7. The molecule has 0 aliphatic rings. The third-order valence-corrected chi connectivity index (χ3v) is 10.3. The molecule has 9 rings (SSSR count). The molecule has 0 saturated heterocycles. The number of aliphatic imine (C=N–C) groups is 3. The van der Waals surface area contributed by atoms with Crippen LogP contribution in [0, 0.1) is 0 Å². The molecule has 0 saturated carbocycles. The highest BCUT2D eigenvalue weighted by molar-refractivity contribution is 7.25. The van der Waals surface area contributed by atoms with Crippen molar-refractivity contribution in [1.29, 1.82) is 0 Å². The van der Waals surface area contributed by atoms with Crippen molar-refractivity contribution >= 4 is 83.1 Å². The van der Waals surface area contributed by atoms with Crippen LogP contribution in [0.3, 0.4) is 0 Å². The number of fused-ring (bicyclic) bond motifs is 6. The number of para-hydroxylation sites is 1. The second kappa shape index (κ2) is 13.6. The fourth-order valence-corrected chi connectivity index (χ4v) is 7.76. The van der Waals surface area contributed by atoms with Crippen molar-refractivity contribution < 1.29 is 4.42 Å². The zero-order chi connectivity index (χ0) is 34.9. The van der Waals surface area contributed by atoms with Crippen LogP contribution in [0.25, 0.3) is 58.9 Å². The van der Waals surface area contributed by atoms with E-state index in [4.69, 9.17) is 19.4 Å². The molecule has 7 aromatic carbocycles. The van der Waals surface area contributed by atoms with E-state index < -0.39 is 0 Å². The number of hydrogen-bond acceptors (Lipinski definition) is 4. The smallest absolute Gasteiger partial charge is 0.160 e. The van der Waals surface area contributed by atoms with Crippen LogP contribution in [0.2, 0.25) is 0 Å². The molecule has 0 radical (unpaired) electrons. The van der Waals surface area contributed by atoms with E-state index in [0.717, 1.165) is 66.4 Å². The number of hydrogen-bond donors (Lipinski definition) is 0. The zero-order valence-electron chi connectivity index (χ0n) is 28.1. The van der Waals surface area contributed by atoms with Crippen LogP contribution in [0.1, 0.15) is 22.3 Å². The van der Waals surface area contributed by atoms with Gasteiger partial charge in [0.15, 0.2) is 5.84 Å². The summed E-state index contributed by atoms with van der Waals surface area (Å²) < 4.78 is 8.46. The Morgan fingerprint density at radius 1 is 0.577 bits per heavy atom. The minimum Gasteiger partial charge on any atom is -0.456 e. The maximum Gasteiger partial charge on any atom is 0.160 e. The van der Waals surface area contributed by atoms with Crippen LogP contribution in [-0.2, 0) is 0 Å². The topological polar surface area (TPSA) is 50.2 Å². The standard InChI is InChI=1S/C47H31N3OS/c1-31(33-14-6-3-7-15-33)50-47(49-29-32-12-4-2-5-13-32)39-18-11-21-44-46(39)40-28-35(24-27-43(40)52-44)34-22-25-37(26-23-34)48-30-36-16-10-20-42-45(36)38-17-8-9-19-41(38)51-42/h2-30H,1H2. The van der Waals surface area contributed by atoms with Gasteiger partial charge in [-0.25, -0.2) is 9.98 Å². The summed E-state index contributed by atoms with van der Waals surface area (Å²) in [6.07, 6.45) is 3.80. The molecule has 0 aliphatic heterocycles. The van der Waals surface area contributed by atoms with Crippen molar-refractivity contribution in [3.05, 3.63) is 193 Å². The zero-order valence-corrected chi connectivity index (χ0v) is 28.9. The fourth-order valence-electron chi connectivity index (χ4n) is 6.64. The van der Waals surface area contributed by atoms with Gasteiger partial charge in [-0.1, -0.05) is 128 Å². The number of benzene rings is 7. The lowest BCUT2D eigenvalue weighted by Gasteiger charge is -2.08. The van der Waals surface area contributed by atoms with Crippen LogP contribution in [-0.4, -0.2) is 18.3 Å². The molecular weight excluding hydrogens is 655 g/mol. The predicted molar refractivity (Wildman–Crippen MR) is 222 cm³/mol. The van der Waals surface area contributed by atoms with Crippen molar-refractivity contribution in [2.24, 2.45) is 15.0 Å². The van der Waals surface area contributed by atoms with Crippen LogP contribution in [0.4, 0.5) is 5.69 Å². The van der Waals surface area contributed by atoms with Gasteiger partial charge in [-0.15, -0.1) is 11.3 Å². The first kappa shape index (κ1) is 31.3. The third kappa shape index (κ3) is 6.04. The summed E-state index contributed by atoms with van der Waals surface area (Å²) in [6.45, 7) is 4.32. The molecule has 0 N–H and O–H groups in total. The van der Waals surface area contributed by atoms with E-state index >= 15 is 0 Å². The number of rotatable bonds is 7. The van der Waals surface area contributed by atoms with Crippen LogP contribution >= 0.6 is 11.3 Å². The molecule has 5 heteroatoms. The number of furan rings is 1. The molecule has 2 aromatic heterocycles. The summed E-state index contributed by atoms with van der Waals surface area (Å²) in [6, 6.07) is 55.8. The van der Waals surface area contributed by atoms with E-state index in [1.165, 1.54) is 14.8 Å². The van der Waals surface area contributed by atoms with E-state index in [0.29, 0.717) is 11.5 Å². The van der Waals surface area contributed by atoms with Gasteiger partial charge in [0, 0.05) is 54.5 Å². The summed E-state index contributed by atoms with van der Waals surface area (Å²) >= 11 is 1.78. The van der Waals surface area contributed by atoms with Crippen molar-refractivity contribution in [3.63, 3.8) is 0 Å². The SMILES string of the molecule is C=C(N=C(N=Cc1ccccc1)c1cccc2sc3ccc(-c4ccc(N=Cc5cccc6oc7ccccc7c56)cc4)cc3c12)c1ccccc1. The average molecular weight is 686 g/mol. The monoisotopic (exact) mass is 685 g/mol. The summed E-state index contributed by atoms with van der Waals surface area (Å²) in [7, 11) is 0. The van der Waals surface area contributed by atoms with Crippen LogP contribution in [0.15, 0.2) is 190 Å². The van der Waals surface area contributed by atoms with Crippen molar-refractivity contribution in [1.82, 2.24) is 0 Å². The Bertz CT molecular complexity index is 2840. The van der Waals surface area contributed by atoms with Crippen LogP contribution in [0.5, 0.6) is 0 Å². The molecule has 246 valence electrons. The highest BCUT2D eigenvalue weighted by Gasteiger charge is 2.15. The lowest BCUT2D eigenvalue weighted by Crippen LogP contribution is -2.00. The number of thiophene rings is 1. The summed E-state index contributed by atoms with van der Waals surface area (Å²) in [5.41, 5.74) is 9.50. The minimum absolute atomic E-state index is 0.620. The quantitative estimate of drug-likeness (QED) is 0.122. The largest absolute Gasteiger partial charge is 0.456 e. The first-order valence-electron chi connectivity index (χ1n) is 17.1. The molecule has 52 heavy (non-hydrogen) atoms. The molecular formula is C47H31N3OS. The molecule has 0 aliphatic carbocycles. The Morgan fingerprint density at radius 2 is 1.31 bits per heavy atom. The minimum atomic E-state index is 0.620. The van der Waals surface area contributed by atoms with E-state index in [9.17, 15) is 0 Å². The maximum atomic E-state index is 6.07. The van der Waals surface area contributed by atoms with Crippen molar-refractivity contribution in [3.8, 4) is 11.1 Å². The van der Waals surface area contributed by atoms with Gasteiger partial charge in [-0.2, -0.15) is 0 Å². The predicted octanol–water partition coefficient (Wildman–Crippen LogP) is 12.9. The number of nitrogens with zero attached hydrogens (tertiary/aromatic N) is 3. The van der Waals surface area contributed by atoms with E-state index in [-0.39, 0.29) is 0 Å². The Kier molecular flexibility index (Phi) is 8.16. The van der Waals surface area contributed by atoms with Crippen molar-refractivity contribution in [2.45, 2.75) is 0 Å². The van der Waals surface area contributed by atoms with Gasteiger partial charge in [0.2, 0.25) is 0 Å². The molecule has 0 atom stereocenters. The Hall–Kier alpha value is -6.69. The fraction of sp³-hybridized carbons (Fsp3) is 0. The number of amidine groups is 1. The van der Waals surface area contributed by atoms with Gasteiger partial charge >= 0.3 is 0 Å². The average Bonchev–Trinajstić information content (AvgIpc) is 3.78. The highest BCUT2D eigenvalue weighted by Crippen LogP contribution is 2.39. The van der Waals surface area contributed by atoms with Crippen molar-refractivity contribution in [2.75, 3.05) is 0 Å². The normalized spacial score (nSPS) is 12.3. The summed E-state index contributed by atoms with van der Waals surface area (Å²) in [5, 5.41) is 4.48. The van der Waals surface area contributed by atoms with Gasteiger partial charge < -0.3 is 4.42 Å². The van der Waals surface area contributed by atoms with E-state index in [1.54, 1.807) is 11.3 Å². The van der Waals surface area contributed by atoms with Gasteiger partial charge in [0.05, 0.1) is 11.4 Å². The molecule has 0 unspecified atom stereocenters. The molecule has 4 nitrogen and oxygen atoms in total. The van der Waals surface area contributed by atoms with Gasteiger partial charge in [0.1, 0.15) is 11.2 Å². The Morgan fingerprint density at radius 3 is 2.15 bits per heavy atom. The molecule has 0 fully saturated rings. The first-order valence-corrected chi connectivity index (χ1v) is 17.9. The second-order valence-electron chi connectivity index (χ2n) is 12.5. The Labute approximate surface area is 305 Å². The summed E-state index contributed by atoms with van der Waals surface area (Å²) in [4.78, 5) is 14.9. The van der Waals surface area contributed by atoms with E-state index in [1.807, 2.05) is 103 Å². The summed E-state index contributed by atoms with van der Waals surface area (Å²) in [5.74, 6) is 0.620. The molecule has 0 amide bonds. The van der Waals surface area contributed by atoms with Gasteiger partial charge in [-0.3, -0.25) is 4.99 Å². The maximum absolute atomic E-state index is 6.07. The molecule has 0 bridgehead atoms.